The Balaban J connectivity index is 2.14. The van der Waals surface area contributed by atoms with Gasteiger partial charge in [0.25, 0.3) is 0 Å². The van der Waals surface area contributed by atoms with E-state index >= 15 is 0 Å². The smallest absolute Gasteiger partial charge is 0.110 e. The molecule has 0 aromatic rings. The number of aliphatic imine (C=N–C) groups is 1. The fourth-order valence-corrected chi connectivity index (χ4v) is 2.33. The van der Waals surface area contributed by atoms with Crippen molar-refractivity contribution in [2.75, 3.05) is 20.3 Å². The molecule has 3 heteroatoms. The minimum Gasteiger partial charge on any atom is -0.381 e. The van der Waals surface area contributed by atoms with Crippen molar-refractivity contribution in [3.8, 4) is 0 Å². The van der Waals surface area contributed by atoms with Crippen LogP contribution in [-0.2, 0) is 4.74 Å². The topological polar surface area (TPSA) is 24.8 Å². The Kier molecular flexibility index (Phi) is 3.79. The molecule has 0 bridgehead atoms. The van der Waals surface area contributed by atoms with Gasteiger partial charge in [-0.05, 0) is 37.5 Å². The summed E-state index contributed by atoms with van der Waals surface area (Å²) in [4.78, 5) is 6.56. The Hall–Kier alpha value is -1.35. The maximum absolute atomic E-state index is 5.40. The van der Waals surface area contributed by atoms with Gasteiger partial charge in [0.2, 0.25) is 0 Å². The summed E-state index contributed by atoms with van der Waals surface area (Å²) in [6, 6.07) is 0. The van der Waals surface area contributed by atoms with Gasteiger partial charge in [-0.2, -0.15) is 0 Å². The van der Waals surface area contributed by atoms with Crippen LogP contribution in [0, 0.1) is 5.92 Å². The zero-order chi connectivity index (χ0) is 12.3. The summed E-state index contributed by atoms with van der Waals surface area (Å²) in [6.07, 6.45) is 8.35. The van der Waals surface area contributed by atoms with Gasteiger partial charge in [-0.15, -0.1) is 0 Å². The van der Waals surface area contributed by atoms with Crippen LogP contribution in [-0.4, -0.2) is 31.0 Å². The largest absolute Gasteiger partial charge is 0.381 e. The molecule has 0 aliphatic carbocycles. The van der Waals surface area contributed by atoms with Crippen LogP contribution in [0.5, 0.6) is 0 Å². The lowest BCUT2D eigenvalue weighted by Gasteiger charge is -2.32. The summed E-state index contributed by atoms with van der Waals surface area (Å²) in [6.45, 7) is 7.85. The van der Waals surface area contributed by atoms with Crippen LogP contribution < -0.4 is 0 Å². The molecule has 0 radical (unpaired) electrons. The van der Waals surface area contributed by atoms with Crippen LogP contribution >= 0.6 is 0 Å². The van der Waals surface area contributed by atoms with Crippen LogP contribution in [0.15, 0.2) is 41.2 Å². The number of nitrogens with zero attached hydrogens (tertiary/aromatic N) is 2. The van der Waals surface area contributed by atoms with Crippen LogP contribution in [0.1, 0.15) is 19.8 Å². The fourth-order valence-electron chi connectivity index (χ4n) is 2.33. The van der Waals surface area contributed by atoms with Crippen molar-refractivity contribution >= 4 is 5.84 Å². The first kappa shape index (κ1) is 12.1. The van der Waals surface area contributed by atoms with E-state index in [1.54, 1.807) is 0 Å². The lowest BCUT2D eigenvalue weighted by Crippen LogP contribution is -2.35. The van der Waals surface area contributed by atoms with Crippen molar-refractivity contribution in [3.05, 3.63) is 36.2 Å². The van der Waals surface area contributed by atoms with Crippen molar-refractivity contribution < 1.29 is 4.74 Å². The summed E-state index contributed by atoms with van der Waals surface area (Å²) >= 11 is 0. The Labute approximate surface area is 103 Å². The minimum atomic E-state index is 0.488. The van der Waals surface area contributed by atoms with E-state index in [2.05, 4.69) is 41.7 Å². The molecule has 0 aromatic carbocycles. The van der Waals surface area contributed by atoms with Gasteiger partial charge in [-0.1, -0.05) is 6.58 Å². The van der Waals surface area contributed by atoms with Gasteiger partial charge < -0.3 is 9.64 Å². The first-order valence-corrected chi connectivity index (χ1v) is 6.11. The second-order valence-electron chi connectivity index (χ2n) is 4.53. The van der Waals surface area contributed by atoms with Gasteiger partial charge in [-0.25, -0.2) is 0 Å². The third-order valence-corrected chi connectivity index (χ3v) is 3.25. The number of allylic oxidation sites excluding steroid dienone is 3. The van der Waals surface area contributed by atoms with Crippen LogP contribution in [0.2, 0.25) is 0 Å². The monoisotopic (exact) mass is 232 g/mol. The number of rotatable bonds is 1. The lowest BCUT2D eigenvalue weighted by molar-refractivity contribution is 0.0809. The highest BCUT2D eigenvalue weighted by Crippen LogP contribution is 2.24. The summed E-state index contributed by atoms with van der Waals surface area (Å²) in [5.74, 6) is 1.60. The average Bonchev–Trinajstić information content (AvgIpc) is 2.34. The summed E-state index contributed by atoms with van der Waals surface area (Å²) < 4.78 is 5.40. The molecule has 0 N–H and O–H groups in total. The summed E-state index contributed by atoms with van der Waals surface area (Å²) in [7, 11) is 1.86. The van der Waals surface area contributed by atoms with Crippen LogP contribution in [0.4, 0.5) is 0 Å². The predicted octanol–water partition coefficient (Wildman–Crippen LogP) is 2.73. The molecule has 2 rings (SSSR count). The molecule has 0 atom stereocenters. The molecule has 1 saturated heterocycles. The molecule has 2 aliphatic heterocycles. The minimum absolute atomic E-state index is 0.488. The summed E-state index contributed by atoms with van der Waals surface area (Å²) in [5, 5.41) is 0. The third-order valence-electron chi connectivity index (χ3n) is 3.25. The number of amidine groups is 1. The first-order chi connectivity index (χ1) is 8.22. The van der Waals surface area contributed by atoms with Gasteiger partial charge in [-0.3, -0.25) is 4.99 Å². The Bertz CT molecular complexity index is 387. The molecular weight excluding hydrogens is 212 g/mol. The summed E-state index contributed by atoms with van der Waals surface area (Å²) in [5.41, 5.74) is 2.23. The van der Waals surface area contributed by atoms with Gasteiger partial charge in [0.05, 0.1) is 0 Å². The Morgan fingerprint density at radius 1 is 1.47 bits per heavy atom. The number of hydrogen-bond acceptors (Lipinski definition) is 2. The first-order valence-electron chi connectivity index (χ1n) is 6.11. The van der Waals surface area contributed by atoms with E-state index in [9.17, 15) is 0 Å². The van der Waals surface area contributed by atoms with Crippen molar-refractivity contribution in [1.82, 2.24) is 4.90 Å². The highest BCUT2D eigenvalue weighted by Gasteiger charge is 2.24. The molecule has 0 unspecified atom stereocenters. The molecule has 0 spiro atoms. The highest BCUT2D eigenvalue weighted by atomic mass is 16.5. The fraction of sp³-hybridized carbons (Fsp3) is 0.500. The van der Waals surface area contributed by atoms with E-state index in [0.717, 1.165) is 37.6 Å². The van der Waals surface area contributed by atoms with E-state index in [0.29, 0.717) is 5.92 Å². The van der Waals surface area contributed by atoms with Crippen molar-refractivity contribution in [2.24, 2.45) is 10.9 Å². The van der Waals surface area contributed by atoms with Gasteiger partial charge in [0.1, 0.15) is 5.84 Å². The predicted molar refractivity (Wildman–Crippen MR) is 70.8 cm³/mol. The second-order valence-corrected chi connectivity index (χ2v) is 4.53. The molecule has 2 heterocycles. The zero-order valence-corrected chi connectivity index (χ0v) is 10.6. The van der Waals surface area contributed by atoms with Gasteiger partial charge in [0, 0.05) is 38.1 Å². The van der Waals surface area contributed by atoms with Gasteiger partial charge in [0.15, 0.2) is 0 Å². The van der Waals surface area contributed by atoms with E-state index in [4.69, 9.17) is 4.74 Å². The van der Waals surface area contributed by atoms with E-state index in [-0.39, 0.29) is 0 Å². The maximum atomic E-state index is 5.40. The van der Waals surface area contributed by atoms with Crippen molar-refractivity contribution in [2.45, 2.75) is 19.8 Å². The second kappa shape index (κ2) is 5.32. The normalized spacial score (nSPS) is 22.9. The number of ether oxygens (including phenoxy) is 1. The van der Waals surface area contributed by atoms with Crippen LogP contribution in [0.3, 0.4) is 0 Å². The van der Waals surface area contributed by atoms with E-state index in [1.165, 1.54) is 5.57 Å². The molecule has 1 fully saturated rings. The molecule has 0 amide bonds. The maximum Gasteiger partial charge on any atom is 0.110 e. The molecule has 2 aliphatic rings. The van der Waals surface area contributed by atoms with Crippen molar-refractivity contribution in [3.63, 3.8) is 0 Å². The SMILES string of the molecule is C=C1C=C(C)C=CN1C(=NC)C1CCOCC1. The lowest BCUT2D eigenvalue weighted by atomic mass is 9.97. The number of hydrogen-bond donors (Lipinski definition) is 0. The Morgan fingerprint density at radius 2 is 2.18 bits per heavy atom. The van der Waals surface area contributed by atoms with Crippen LogP contribution in [0.25, 0.3) is 0 Å². The molecule has 3 nitrogen and oxygen atoms in total. The van der Waals surface area contributed by atoms with E-state index < -0.39 is 0 Å². The third kappa shape index (κ3) is 2.67. The molecular formula is C14H20N2O. The Morgan fingerprint density at radius 3 is 2.76 bits per heavy atom. The standard InChI is InChI=1S/C14H20N2O/c1-11-4-7-16(12(2)10-11)14(15-3)13-5-8-17-9-6-13/h4,7,10,13H,2,5-6,8-9H2,1,3H3. The average molecular weight is 232 g/mol. The van der Waals surface area contributed by atoms with E-state index in [1.807, 2.05) is 7.05 Å². The molecule has 92 valence electrons. The quantitative estimate of drug-likeness (QED) is 0.513. The molecule has 0 saturated carbocycles. The highest BCUT2D eigenvalue weighted by molar-refractivity contribution is 5.88. The van der Waals surface area contributed by atoms with Crippen molar-refractivity contribution in [1.29, 1.82) is 0 Å². The van der Waals surface area contributed by atoms with Gasteiger partial charge >= 0.3 is 0 Å². The molecule has 0 aromatic heterocycles. The zero-order valence-electron chi connectivity index (χ0n) is 10.6. The molecule has 17 heavy (non-hydrogen) atoms.